The molecule has 0 saturated heterocycles. The van der Waals surface area contributed by atoms with Gasteiger partial charge in [0.2, 0.25) is 0 Å². The van der Waals surface area contributed by atoms with E-state index in [4.69, 9.17) is 0 Å². The molecule has 2 aliphatic carbocycles. The van der Waals surface area contributed by atoms with Crippen molar-refractivity contribution in [1.29, 1.82) is 0 Å². The Bertz CT molecular complexity index is 267. The number of hydrogen-bond acceptors (Lipinski definition) is 1. The fourth-order valence-corrected chi connectivity index (χ4v) is 4.09. The van der Waals surface area contributed by atoms with Gasteiger partial charge in [0.05, 0.1) is 0 Å². The minimum absolute atomic E-state index is 0.516. The maximum absolute atomic E-state index is 4.48. The van der Waals surface area contributed by atoms with Gasteiger partial charge < -0.3 is 5.32 Å². The third kappa shape index (κ3) is 5.24. The molecule has 2 saturated carbocycles. The second-order valence-corrected chi connectivity index (χ2v) is 7.19. The zero-order valence-electron chi connectivity index (χ0n) is 13.6. The molecule has 0 heterocycles. The molecule has 20 heavy (non-hydrogen) atoms. The molecule has 0 aliphatic heterocycles. The first-order valence-corrected chi connectivity index (χ1v) is 9.22. The molecule has 1 unspecified atom stereocenters. The summed E-state index contributed by atoms with van der Waals surface area (Å²) < 4.78 is 0. The van der Waals surface area contributed by atoms with Gasteiger partial charge in [-0.25, -0.2) is 0 Å². The lowest BCUT2D eigenvalue weighted by molar-refractivity contribution is 0.371. The lowest BCUT2D eigenvalue weighted by atomic mass is 9.83. The highest BCUT2D eigenvalue weighted by molar-refractivity contribution is 5.09. The van der Waals surface area contributed by atoms with Crippen molar-refractivity contribution >= 4 is 0 Å². The van der Waals surface area contributed by atoms with E-state index in [1.165, 1.54) is 89.0 Å². The van der Waals surface area contributed by atoms with Gasteiger partial charge in [0.1, 0.15) is 0 Å². The second-order valence-electron chi connectivity index (χ2n) is 7.19. The van der Waals surface area contributed by atoms with Crippen LogP contribution in [0.2, 0.25) is 0 Å². The van der Waals surface area contributed by atoms with E-state index >= 15 is 0 Å². The quantitative estimate of drug-likeness (QED) is 0.520. The average molecular weight is 277 g/mol. The van der Waals surface area contributed by atoms with Crippen molar-refractivity contribution in [3.63, 3.8) is 0 Å². The first-order valence-electron chi connectivity index (χ1n) is 9.22. The highest BCUT2D eigenvalue weighted by atomic mass is 14.9. The lowest BCUT2D eigenvalue weighted by Crippen LogP contribution is -2.38. The Morgan fingerprint density at radius 3 is 1.80 bits per heavy atom. The molecular weight excluding hydrogens is 242 g/mol. The first-order chi connectivity index (χ1) is 9.77. The molecule has 2 aliphatic rings. The van der Waals surface area contributed by atoms with E-state index < -0.39 is 0 Å². The number of rotatable bonds is 4. The average Bonchev–Trinajstić information content (AvgIpc) is 2.66. The van der Waals surface area contributed by atoms with Gasteiger partial charge in [-0.2, -0.15) is 0 Å². The molecule has 0 aromatic rings. The van der Waals surface area contributed by atoms with E-state index in [9.17, 15) is 0 Å². The third-order valence-corrected chi connectivity index (χ3v) is 5.53. The second kappa shape index (κ2) is 8.87. The highest BCUT2D eigenvalue weighted by Gasteiger charge is 2.21. The summed E-state index contributed by atoms with van der Waals surface area (Å²) in [4.78, 5) is 0. The Morgan fingerprint density at radius 1 is 0.800 bits per heavy atom. The van der Waals surface area contributed by atoms with Crippen molar-refractivity contribution in [2.45, 2.75) is 102 Å². The van der Waals surface area contributed by atoms with Crippen molar-refractivity contribution in [1.82, 2.24) is 5.32 Å². The van der Waals surface area contributed by atoms with Crippen molar-refractivity contribution < 1.29 is 0 Å². The van der Waals surface area contributed by atoms with Crippen LogP contribution in [-0.2, 0) is 0 Å². The summed E-state index contributed by atoms with van der Waals surface area (Å²) in [5.41, 5.74) is 1.50. The van der Waals surface area contributed by atoms with Crippen LogP contribution < -0.4 is 5.32 Å². The van der Waals surface area contributed by atoms with Crippen LogP contribution in [0, 0.1) is 5.92 Å². The third-order valence-electron chi connectivity index (χ3n) is 5.53. The number of nitrogens with one attached hydrogen (secondary N) is 1. The molecule has 0 aromatic heterocycles. The highest BCUT2D eigenvalue weighted by Crippen LogP contribution is 2.29. The Balaban J connectivity index is 1.79. The van der Waals surface area contributed by atoms with Crippen molar-refractivity contribution in [2.24, 2.45) is 5.92 Å². The maximum atomic E-state index is 4.48. The summed E-state index contributed by atoms with van der Waals surface area (Å²) in [7, 11) is 0. The SMILES string of the molecule is C=C(C1CCCCCCC1)C(C)NC1CCCCCC1. The summed E-state index contributed by atoms with van der Waals surface area (Å²) in [6.45, 7) is 6.83. The molecule has 2 fully saturated rings. The molecule has 0 aromatic carbocycles. The molecule has 1 N–H and O–H groups in total. The fourth-order valence-electron chi connectivity index (χ4n) is 4.09. The van der Waals surface area contributed by atoms with E-state index in [0.717, 1.165) is 12.0 Å². The molecule has 0 amide bonds. The van der Waals surface area contributed by atoms with Crippen LogP contribution in [0.3, 0.4) is 0 Å². The van der Waals surface area contributed by atoms with Gasteiger partial charge >= 0.3 is 0 Å². The molecule has 0 radical (unpaired) electrons. The predicted molar refractivity (Wildman–Crippen MR) is 89.0 cm³/mol. The predicted octanol–water partition coefficient (Wildman–Crippen LogP) is 5.60. The monoisotopic (exact) mass is 277 g/mol. The van der Waals surface area contributed by atoms with E-state index in [2.05, 4.69) is 18.8 Å². The maximum Gasteiger partial charge on any atom is 0.0253 e. The van der Waals surface area contributed by atoms with Gasteiger partial charge in [-0.3, -0.25) is 0 Å². The fraction of sp³-hybridized carbons (Fsp3) is 0.895. The molecule has 0 spiro atoms. The van der Waals surface area contributed by atoms with E-state index in [1.807, 2.05) is 0 Å². The standard InChI is InChI=1S/C19H35N/c1-16(18-12-8-4-3-5-9-13-18)17(2)20-19-14-10-6-7-11-15-19/h17-20H,1,3-15H2,2H3. The Morgan fingerprint density at radius 2 is 1.25 bits per heavy atom. The van der Waals surface area contributed by atoms with Crippen LogP contribution in [0.4, 0.5) is 0 Å². The van der Waals surface area contributed by atoms with Crippen LogP contribution >= 0.6 is 0 Å². The summed E-state index contributed by atoms with van der Waals surface area (Å²) in [6.07, 6.45) is 18.4. The van der Waals surface area contributed by atoms with Crippen LogP contribution in [0.25, 0.3) is 0 Å². The van der Waals surface area contributed by atoms with Crippen LogP contribution in [-0.4, -0.2) is 12.1 Å². The van der Waals surface area contributed by atoms with E-state index in [0.29, 0.717) is 6.04 Å². The molecule has 1 atom stereocenters. The van der Waals surface area contributed by atoms with Gasteiger partial charge in [-0.1, -0.05) is 69.9 Å². The van der Waals surface area contributed by atoms with Crippen molar-refractivity contribution in [2.75, 3.05) is 0 Å². The van der Waals surface area contributed by atoms with Crippen LogP contribution in [0.15, 0.2) is 12.2 Å². The minimum atomic E-state index is 0.516. The molecule has 116 valence electrons. The van der Waals surface area contributed by atoms with Crippen LogP contribution in [0.5, 0.6) is 0 Å². The zero-order valence-corrected chi connectivity index (χ0v) is 13.6. The summed E-state index contributed by atoms with van der Waals surface area (Å²) in [6, 6.07) is 1.26. The molecule has 2 rings (SSSR count). The molecule has 0 bridgehead atoms. The molecule has 1 nitrogen and oxygen atoms in total. The summed E-state index contributed by atoms with van der Waals surface area (Å²) in [5, 5.41) is 3.89. The van der Waals surface area contributed by atoms with Crippen molar-refractivity contribution in [3.8, 4) is 0 Å². The Hall–Kier alpha value is -0.300. The van der Waals surface area contributed by atoms with Crippen molar-refractivity contribution in [3.05, 3.63) is 12.2 Å². The normalized spacial score (nSPS) is 25.4. The van der Waals surface area contributed by atoms with E-state index in [-0.39, 0.29) is 0 Å². The largest absolute Gasteiger partial charge is 0.308 e. The summed E-state index contributed by atoms with van der Waals surface area (Å²) >= 11 is 0. The smallest absolute Gasteiger partial charge is 0.0253 e. The lowest BCUT2D eigenvalue weighted by Gasteiger charge is -2.29. The zero-order chi connectivity index (χ0) is 14.2. The molecule has 1 heteroatoms. The van der Waals surface area contributed by atoms with Crippen LogP contribution in [0.1, 0.15) is 90.4 Å². The van der Waals surface area contributed by atoms with Gasteiger partial charge in [0.25, 0.3) is 0 Å². The van der Waals surface area contributed by atoms with Gasteiger partial charge in [0.15, 0.2) is 0 Å². The molecular formula is C19H35N. The topological polar surface area (TPSA) is 12.0 Å². The van der Waals surface area contributed by atoms with Gasteiger partial charge in [-0.15, -0.1) is 0 Å². The summed E-state index contributed by atoms with van der Waals surface area (Å²) in [5.74, 6) is 0.781. The number of hydrogen-bond donors (Lipinski definition) is 1. The minimum Gasteiger partial charge on any atom is -0.308 e. The van der Waals surface area contributed by atoms with Gasteiger partial charge in [-0.05, 0) is 38.5 Å². The Kier molecular flexibility index (Phi) is 7.13. The Labute approximate surface area is 126 Å². The first kappa shape index (κ1) is 16.1. The van der Waals surface area contributed by atoms with E-state index in [1.54, 1.807) is 0 Å². The van der Waals surface area contributed by atoms with Gasteiger partial charge in [0, 0.05) is 12.1 Å².